The molecule has 7 nitrogen and oxygen atoms in total. The third-order valence-electron chi connectivity index (χ3n) is 3.78. The van der Waals surface area contributed by atoms with Crippen LogP contribution < -0.4 is 10.6 Å². The van der Waals surface area contributed by atoms with Crippen molar-refractivity contribution in [3.63, 3.8) is 0 Å². The number of carbonyl (C=O) groups excluding carboxylic acids is 4. The average molecular weight is 331 g/mol. The second-order valence-corrected chi connectivity index (χ2v) is 6.30. The number of anilines is 1. The Morgan fingerprint density at radius 1 is 1.25 bits per heavy atom. The highest BCUT2D eigenvalue weighted by Crippen LogP contribution is 2.17. The fraction of sp³-hybridized carbons (Fsp3) is 0.412. The lowest BCUT2D eigenvalue weighted by Crippen LogP contribution is -2.40. The first kappa shape index (κ1) is 17.7. The van der Waals surface area contributed by atoms with Gasteiger partial charge in [0.1, 0.15) is 5.54 Å². The van der Waals surface area contributed by atoms with Crippen LogP contribution >= 0.6 is 0 Å². The van der Waals surface area contributed by atoms with Gasteiger partial charge in [0.15, 0.2) is 5.78 Å². The standard InChI is InChI=1S/C17H21N3O4/c1-11(21)12-6-4-7-13(10-12)18-14(22)8-5-9-20-15(23)17(2,3)19-16(20)24/h4,6-7,10H,5,8-9H2,1-3H3,(H,18,22)(H,19,24). The van der Waals surface area contributed by atoms with Crippen molar-refractivity contribution in [1.82, 2.24) is 10.2 Å². The Kier molecular flexibility index (Phi) is 5.02. The van der Waals surface area contributed by atoms with Crippen LogP contribution in [-0.2, 0) is 9.59 Å². The zero-order chi connectivity index (χ0) is 17.9. The van der Waals surface area contributed by atoms with Crippen molar-refractivity contribution in [3.05, 3.63) is 29.8 Å². The number of amides is 4. The second kappa shape index (κ2) is 6.82. The predicted octanol–water partition coefficient (Wildman–Crippen LogP) is 1.94. The van der Waals surface area contributed by atoms with Crippen LogP contribution in [0.2, 0.25) is 0 Å². The molecule has 4 amide bonds. The van der Waals surface area contributed by atoms with E-state index in [0.29, 0.717) is 17.7 Å². The summed E-state index contributed by atoms with van der Waals surface area (Å²) in [5.74, 6) is -0.601. The summed E-state index contributed by atoms with van der Waals surface area (Å²) in [5.41, 5.74) is 0.171. The van der Waals surface area contributed by atoms with Gasteiger partial charge in [-0.05, 0) is 39.3 Å². The van der Waals surface area contributed by atoms with Crippen LogP contribution in [0, 0.1) is 0 Å². The molecular formula is C17H21N3O4. The van der Waals surface area contributed by atoms with Crippen LogP contribution in [0.1, 0.15) is 44.0 Å². The highest BCUT2D eigenvalue weighted by molar-refractivity contribution is 6.06. The lowest BCUT2D eigenvalue weighted by Gasteiger charge is -2.15. The number of carbonyl (C=O) groups is 4. The van der Waals surface area contributed by atoms with Gasteiger partial charge in [0.05, 0.1) is 0 Å². The normalized spacial score (nSPS) is 16.0. The van der Waals surface area contributed by atoms with Crippen LogP contribution in [-0.4, -0.2) is 40.6 Å². The van der Waals surface area contributed by atoms with Crippen molar-refractivity contribution < 1.29 is 19.2 Å². The Hall–Kier alpha value is -2.70. The zero-order valence-electron chi connectivity index (χ0n) is 14.0. The van der Waals surface area contributed by atoms with Crippen LogP contribution in [0.25, 0.3) is 0 Å². The number of nitrogens with zero attached hydrogens (tertiary/aromatic N) is 1. The number of hydrogen-bond donors (Lipinski definition) is 2. The first-order valence-corrected chi connectivity index (χ1v) is 7.75. The molecule has 0 saturated carbocycles. The second-order valence-electron chi connectivity index (χ2n) is 6.30. The van der Waals surface area contributed by atoms with Crippen molar-refractivity contribution in [2.45, 2.75) is 39.2 Å². The summed E-state index contributed by atoms with van der Waals surface area (Å²) < 4.78 is 0. The Balaban J connectivity index is 1.84. The van der Waals surface area contributed by atoms with E-state index in [1.54, 1.807) is 38.1 Å². The third kappa shape index (κ3) is 3.98. The maximum atomic E-state index is 12.0. The molecule has 0 bridgehead atoms. The molecule has 0 radical (unpaired) electrons. The van der Waals surface area contributed by atoms with Gasteiger partial charge >= 0.3 is 6.03 Å². The van der Waals surface area contributed by atoms with Gasteiger partial charge < -0.3 is 10.6 Å². The van der Waals surface area contributed by atoms with Crippen molar-refractivity contribution in [1.29, 1.82) is 0 Å². The average Bonchev–Trinajstić information content (AvgIpc) is 2.69. The van der Waals surface area contributed by atoms with Gasteiger partial charge in [0, 0.05) is 24.2 Å². The van der Waals surface area contributed by atoms with Gasteiger partial charge in [0.2, 0.25) is 5.91 Å². The number of ketones is 1. The summed E-state index contributed by atoms with van der Waals surface area (Å²) in [5, 5.41) is 5.30. The molecule has 0 atom stereocenters. The van der Waals surface area contributed by atoms with E-state index in [2.05, 4.69) is 10.6 Å². The topological polar surface area (TPSA) is 95.6 Å². The number of rotatable bonds is 6. The molecular weight excluding hydrogens is 310 g/mol. The highest BCUT2D eigenvalue weighted by atomic mass is 16.2. The minimum Gasteiger partial charge on any atom is -0.326 e. The lowest BCUT2D eigenvalue weighted by molar-refractivity contribution is -0.130. The van der Waals surface area contributed by atoms with Gasteiger partial charge in [-0.25, -0.2) is 4.79 Å². The van der Waals surface area contributed by atoms with Crippen molar-refractivity contribution in [2.24, 2.45) is 0 Å². The summed E-state index contributed by atoms with van der Waals surface area (Å²) >= 11 is 0. The molecule has 128 valence electrons. The quantitative estimate of drug-likeness (QED) is 0.615. The monoisotopic (exact) mass is 331 g/mol. The van der Waals surface area contributed by atoms with Gasteiger partial charge in [-0.1, -0.05) is 12.1 Å². The fourth-order valence-electron chi connectivity index (χ4n) is 2.46. The molecule has 1 aromatic rings. The van der Waals surface area contributed by atoms with Crippen LogP contribution in [0.15, 0.2) is 24.3 Å². The Morgan fingerprint density at radius 2 is 1.96 bits per heavy atom. The summed E-state index contributed by atoms with van der Waals surface area (Å²) in [7, 11) is 0. The van der Waals surface area contributed by atoms with E-state index in [0.717, 1.165) is 4.90 Å². The molecule has 24 heavy (non-hydrogen) atoms. The Morgan fingerprint density at radius 3 is 2.54 bits per heavy atom. The zero-order valence-corrected chi connectivity index (χ0v) is 14.0. The minimum atomic E-state index is -0.896. The van der Waals surface area contributed by atoms with E-state index < -0.39 is 11.6 Å². The van der Waals surface area contributed by atoms with E-state index in [1.807, 2.05) is 0 Å². The van der Waals surface area contributed by atoms with Gasteiger partial charge in [-0.15, -0.1) is 0 Å². The molecule has 1 saturated heterocycles. The summed E-state index contributed by atoms with van der Waals surface area (Å²) in [4.78, 5) is 48.2. The smallest absolute Gasteiger partial charge is 0.325 e. The number of nitrogens with one attached hydrogen (secondary N) is 2. The first-order chi connectivity index (χ1) is 11.2. The van der Waals surface area contributed by atoms with E-state index >= 15 is 0 Å². The van der Waals surface area contributed by atoms with E-state index in [4.69, 9.17) is 0 Å². The van der Waals surface area contributed by atoms with E-state index in [9.17, 15) is 19.2 Å². The fourth-order valence-corrected chi connectivity index (χ4v) is 2.46. The van der Waals surface area contributed by atoms with Crippen molar-refractivity contribution in [3.8, 4) is 0 Å². The molecule has 0 spiro atoms. The molecule has 1 heterocycles. The molecule has 0 aromatic heterocycles. The van der Waals surface area contributed by atoms with Crippen LogP contribution in [0.3, 0.4) is 0 Å². The molecule has 0 aliphatic carbocycles. The van der Waals surface area contributed by atoms with Crippen LogP contribution in [0.5, 0.6) is 0 Å². The molecule has 7 heteroatoms. The van der Waals surface area contributed by atoms with E-state index in [-0.39, 0.29) is 30.6 Å². The molecule has 1 aromatic carbocycles. The van der Waals surface area contributed by atoms with Crippen molar-refractivity contribution >= 4 is 29.3 Å². The van der Waals surface area contributed by atoms with E-state index in [1.165, 1.54) is 6.92 Å². The summed E-state index contributed by atoms with van der Waals surface area (Å²) in [6.45, 7) is 4.93. The predicted molar refractivity (Wildman–Crippen MR) is 88.6 cm³/mol. The highest BCUT2D eigenvalue weighted by Gasteiger charge is 2.43. The molecule has 1 fully saturated rings. The Bertz CT molecular complexity index is 697. The summed E-state index contributed by atoms with van der Waals surface area (Å²) in [6, 6.07) is 6.25. The largest absolute Gasteiger partial charge is 0.326 e. The maximum absolute atomic E-state index is 12.0. The molecule has 2 rings (SSSR count). The number of hydrogen-bond acceptors (Lipinski definition) is 4. The van der Waals surface area contributed by atoms with Crippen LogP contribution in [0.4, 0.5) is 10.5 Å². The number of imide groups is 1. The Labute approximate surface area is 140 Å². The molecule has 1 aliphatic rings. The lowest BCUT2D eigenvalue weighted by atomic mass is 10.1. The minimum absolute atomic E-state index is 0.0766. The number of urea groups is 1. The number of benzene rings is 1. The first-order valence-electron chi connectivity index (χ1n) is 7.75. The van der Waals surface area contributed by atoms with Crippen molar-refractivity contribution in [2.75, 3.05) is 11.9 Å². The summed E-state index contributed by atoms with van der Waals surface area (Å²) in [6.07, 6.45) is 0.537. The van der Waals surface area contributed by atoms with Gasteiger partial charge in [0.25, 0.3) is 5.91 Å². The van der Waals surface area contributed by atoms with Gasteiger partial charge in [-0.2, -0.15) is 0 Å². The molecule has 2 N–H and O–H groups in total. The molecule has 1 aliphatic heterocycles. The molecule has 0 unspecified atom stereocenters. The number of Topliss-reactive ketones (excluding diaryl/α,β-unsaturated/α-hetero) is 1. The SMILES string of the molecule is CC(=O)c1cccc(NC(=O)CCCN2C(=O)NC(C)(C)C2=O)c1. The van der Waals surface area contributed by atoms with Gasteiger partial charge in [-0.3, -0.25) is 19.3 Å². The third-order valence-corrected chi connectivity index (χ3v) is 3.78. The maximum Gasteiger partial charge on any atom is 0.325 e.